The third kappa shape index (κ3) is 4.98. The molecular formula is C21H28N4O2S. The van der Waals surface area contributed by atoms with Gasteiger partial charge < -0.3 is 15.5 Å². The molecule has 2 N–H and O–H groups in total. The molecule has 0 spiro atoms. The highest BCUT2D eigenvalue weighted by Crippen LogP contribution is 2.24. The van der Waals surface area contributed by atoms with Crippen molar-refractivity contribution >= 4 is 28.8 Å². The van der Waals surface area contributed by atoms with E-state index in [1.54, 1.807) is 11.3 Å². The summed E-state index contributed by atoms with van der Waals surface area (Å²) in [5.74, 6) is -1.23. The first-order valence-electron chi connectivity index (χ1n) is 9.56. The van der Waals surface area contributed by atoms with Crippen molar-refractivity contribution in [3.63, 3.8) is 0 Å². The van der Waals surface area contributed by atoms with Gasteiger partial charge in [0.25, 0.3) is 0 Å². The standard InChI is InChI=1S/C21H28N4O2S/c1-15-5-4-6-18(16(15)2)23-21(27)20(26)22-13-19(17-7-12-28-14-17)25-10-8-24(3)9-11-25/h4-7,12,14,19H,8-11,13H2,1-3H3,(H,22,26)(H,23,27). The number of hydrogen-bond acceptors (Lipinski definition) is 5. The molecule has 2 aromatic rings. The fourth-order valence-electron chi connectivity index (χ4n) is 3.39. The molecule has 1 atom stereocenters. The number of nitrogens with one attached hydrogen (secondary N) is 2. The Morgan fingerprint density at radius 3 is 2.54 bits per heavy atom. The van der Waals surface area contributed by atoms with E-state index in [-0.39, 0.29) is 6.04 Å². The van der Waals surface area contributed by atoms with Crippen LogP contribution in [0.4, 0.5) is 5.69 Å². The van der Waals surface area contributed by atoms with Crippen LogP contribution < -0.4 is 10.6 Å². The number of carbonyl (C=O) groups excluding carboxylic acids is 2. The molecule has 1 aliphatic heterocycles. The summed E-state index contributed by atoms with van der Waals surface area (Å²) in [6.45, 7) is 8.22. The van der Waals surface area contributed by atoms with Gasteiger partial charge in [0.15, 0.2) is 0 Å². The Labute approximate surface area is 170 Å². The van der Waals surface area contributed by atoms with Gasteiger partial charge in [0, 0.05) is 38.4 Å². The number of benzene rings is 1. The van der Waals surface area contributed by atoms with Crippen LogP contribution in [-0.4, -0.2) is 61.4 Å². The van der Waals surface area contributed by atoms with Gasteiger partial charge in [-0.2, -0.15) is 11.3 Å². The smallest absolute Gasteiger partial charge is 0.313 e. The van der Waals surface area contributed by atoms with Crippen LogP contribution in [-0.2, 0) is 9.59 Å². The third-order valence-electron chi connectivity index (χ3n) is 5.42. The predicted molar refractivity (Wildman–Crippen MR) is 114 cm³/mol. The zero-order chi connectivity index (χ0) is 20.1. The van der Waals surface area contributed by atoms with Gasteiger partial charge in [-0.1, -0.05) is 12.1 Å². The minimum atomic E-state index is -0.629. The minimum Gasteiger partial charge on any atom is -0.346 e. The number of aryl methyl sites for hydroxylation is 1. The van der Waals surface area contributed by atoms with Gasteiger partial charge >= 0.3 is 11.8 Å². The van der Waals surface area contributed by atoms with Crippen molar-refractivity contribution in [1.82, 2.24) is 15.1 Å². The number of carbonyl (C=O) groups is 2. The lowest BCUT2D eigenvalue weighted by Gasteiger charge is -2.37. The van der Waals surface area contributed by atoms with Crippen LogP contribution in [0, 0.1) is 13.8 Å². The Kier molecular flexibility index (Phi) is 6.83. The van der Waals surface area contributed by atoms with Gasteiger partial charge in [-0.05, 0) is 60.5 Å². The normalized spacial score (nSPS) is 16.5. The van der Waals surface area contributed by atoms with E-state index >= 15 is 0 Å². The van der Waals surface area contributed by atoms with Crippen LogP contribution in [0.25, 0.3) is 0 Å². The van der Waals surface area contributed by atoms with Gasteiger partial charge in [0.2, 0.25) is 0 Å². The van der Waals surface area contributed by atoms with Crippen molar-refractivity contribution in [2.75, 3.05) is 45.1 Å². The molecule has 150 valence electrons. The van der Waals surface area contributed by atoms with E-state index in [0.29, 0.717) is 12.2 Å². The summed E-state index contributed by atoms with van der Waals surface area (Å²) in [6, 6.07) is 7.84. The van der Waals surface area contributed by atoms with Gasteiger partial charge in [0.1, 0.15) is 0 Å². The third-order valence-corrected chi connectivity index (χ3v) is 6.12. The maximum atomic E-state index is 12.4. The average Bonchev–Trinajstić information content (AvgIpc) is 3.21. The quantitative estimate of drug-likeness (QED) is 0.757. The summed E-state index contributed by atoms with van der Waals surface area (Å²) in [6.07, 6.45) is 0. The molecule has 1 unspecified atom stereocenters. The topological polar surface area (TPSA) is 64.7 Å². The predicted octanol–water partition coefficient (Wildman–Crippen LogP) is 2.41. The molecule has 28 heavy (non-hydrogen) atoms. The second-order valence-electron chi connectivity index (χ2n) is 7.32. The zero-order valence-corrected chi connectivity index (χ0v) is 17.5. The molecule has 1 aliphatic rings. The highest BCUT2D eigenvalue weighted by Gasteiger charge is 2.25. The van der Waals surface area contributed by atoms with Crippen LogP contribution >= 0.6 is 11.3 Å². The summed E-state index contributed by atoms with van der Waals surface area (Å²) < 4.78 is 0. The van der Waals surface area contributed by atoms with Crippen molar-refractivity contribution < 1.29 is 9.59 Å². The number of anilines is 1. The molecule has 2 heterocycles. The Balaban J connectivity index is 1.61. The second-order valence-corrected chi connectivity index (χ2v) is 8.10. The van der Waals surface area contributed by atoms with E-state index in [1.807, 2.05) is 37.4 Å². The molecule has 0 saturated carbocycles. The Morgan fingerprint density at radius 2 is 1.86 bits per heavy atom. The lowest BCUT2D eigenvalue weighted by atomic mass is 10.1. The monoisotopic (exact) mass is 400 g/mol. The van der Waals surface area contributed by atoms with Crippen molar-refractivity contribution in [1.29, 1.82) is 0 Å². The van der Waals surface area contributed by atoms with E-state index < -0.39 is 11.8 Å². The molecule has 1 saturated heterocycles. The Bertz CT molecular complexity index is 814. The van der Waals surface area contributed by atoms with Crippen molar-refractivity contribution in [2.24, 2.45) is 0 Å². The molecular weight excluding hydrogens is 372 g/mol. The first kappa shape index (κ1) is 20.5. The first-order valence-corrected chi connectivity index (χ1v) is 10.5. The fourth-order valence-corrected chi connectivity index (χ4v) is 4.10. The molecule has 6 nitrogen and oxygen atoms in total. The second kappa shape index (κ2) is 9.32. The van der Waals surface area contributed by atoms with Crippen molar-refractivity contribution in [3.05, 3.63) is 51.7 Å². The maximum Gasteiger partial charge on any atom is 0.313 e. The van der Waals surface area contributed by atoms with E-state index in [2.05, 4.69) is 38.9 Å². The molecule has 1 aromatic heterocycles. The average molecular weight is 401 g/mol. The van der Waals surface area contributed by atoms with Crippen molar-refractivity contribution in [2.45, 2.75) is 19.9 Å². The van der Waals surface area contributed by atoms with Gasteiger partial charge in [-0.25, -0.2) is 0 Å². The van der Waals surface area contributed by atoms with Crippen LogP contribution in [0.5, 0.6) is 0 Å². The highest BCUT2D eigenvalue weighted by molar-refractivity contribution is 7.08. The SMILES string of the molecule is Cc1cccc(NC(=O)C(=O)NCC(c2ccsc2)N2CCN(C)CC2)c1C. The van der Waals surface area contributed by atoms with Crippen LogP contribution in [0.3, 0.4) is 0 Å². The molecule has 1 aromatic carbocycles. The summed E-state index contributed by atoms with van der Waals surface area (Å²) >= 11 is 1.65. The largest absolute Gasteiger partial charge is 0.346 e. The molecule has 2 amide bonds. The van der Waals surface area contributed by atoms with E-state index in [4.69, 9.17) is 0 Å². The van der Waals surface area contributed by atoms with Gasteiger partial charge in [-0.3, -0.25) is 14.5 Å². The van der Waals surface area contributed by atoms with Crippen molar-refractivity contribution in [3.8, 4) is 0 Å². The number of rotatable bonds is 5. The Morgan fingerprint density at radius 1 is 1.11 bits per heavy atom. The van der Waals surface area contributed by atoms with Crippen LogP contribution in [0.1, 0.15) is 22.7 Å². The fraction of sp³-hybridized carbons (Fsp3) is 0.429. The molecule has 7 heteroatoms. The molecule has 0 radical (unpaired) electrons. The molecule has 3 rings (SSSR count). The molecule has 1 fully saturated rings. The Hall–Kier alpha value is -2.22. The van der Waals surface area contributed by atoms with Crippen LogP contribution in [0.15, 0.2) is 35.0 Å². The minimum absolute atomic E-state index is 0.0809. The molecule has 0 bridgehead atoms. The lowest BCUT2D eigenvalue weighted by Crippen LogP contribution is -2.49. The number of hydrogen-bond donors (Lipinski definition) is 2. The maximum absolute atomic E-state index is 12.4. The molecule has 0 aliphatic carbocycles. The highest BCUT2D eigenvalue weighted by atomic mass is 32.1. The van der Waals surface area contributed by atoms with Gasteiger partial charge in [0.05, 0.1) is 6.04 Å². The summed E-state index contributed by atoms with van der Waals surface area (Å²) in [5.41, 5.74) is 3.90. The number of amides is 2. The zero-order valence-electron chi connectivity index (χ0n) is 16.7. The lowest BCUT2D eigenvalue weighted by molar-refractivity contribution is -0.136. The summed E-state index contributed by atoms with van der Waals surface area (Å²) in [5, 5.41) is 9.72. The number of nitrogens with zero attached hydrogens (tertiary/aromatic N) is 2. The summed E-state index contributed by atoms with van der Waals surface area (Å²) in [7, 11) is 2.12. The van der Waals surface area contributed by atoms with Gasteiger partial charge in [-0.15, -0.1) is 0 Å². The van der Waals surface area contributed by atoms with E-state index in [0.717, 1.165) is 37.3 Å². The first-order chi connectivity index (χ1) is 13.5. The van der Waals surface area contributed by atoms with E-state index in [9.17, 15) is 9.59 Å². The number of thiophene rings is 1. The summed E-state index contributed by atoms with van der Waals surface area (Å²) in [4.78, 5) is 29.4. The van der Waals surface area contributed by atoms with E-state index in [1.165, 1.54) is 5.56 Å². The number of likely N-dealkylation sites (N-methyl/N-ethyl adjacent to an activating group) is 1. The van der Waals surface area contributed by atoms with Crippen LogP contribution in [0.2, 0.25) is 0 Å². The number of piperazine rings is 1.